The molecule has 0 aliphatic carbocycles. The van der Waals surface area contributed by atoms with Gasteiger partial charge in [0.1, 0.15) is 58.7 Å². The number of benzene rings is 2. The molecule has 0 spiro atoms. The maximum atomic E-state index is 13.6. The van der Waals surface area contributed by atoms with Crippen molar-refractivity contribution >= 4 is 11.0 Å². The van der Waals surface area contributed by atoms with Gasteiger partial charge in [-0.3, -0.25) is 4.79 Å². The van der Waals surface area contributed by atoms with Gasteiger partial charge in [-0.1, -0.05) is 0 Å². The fourth-order valence-corrected chi connectivity index (χ4v) is 4.14. The van der Waals surface area contributed by atoms with Gasteiger partial charge in [-0.05, 0) is 12.1 Å². The Kier molecular flexibility index (Phi) is 6.49. The normalized spacial score (nSPS) is 24.5. The van der Waals surface area contributed by atoms with Crippen LogP contribution in [0.15, 0.2) is 33.5 Å². The number of hydrogen-bond donors (Lipinski definition) is 7. The molecule has 0 radical (unpaired) electrons. The third kappa shape index (κ3) is 4.00. The minimum absolute atomic E-state index is 0.0550. The van der Waals surface area contributed by atoms with Crippen LogP contribution in [0.3, 0.4) is 0 Å². The monoisotopic (exact) mass is 492 g/mol. The molecule has 12 heteroatoms. The van der Waals surface area contributed by atoms with E-state index in [0.717, 1.165) is 12.1 Å². The lowest BCUT2D eigenvalue weighted by Gasteiger charge is -2.40. The van der Waals surface area contributed by atoms with Crippen LogP contribution in [-0.2, 0) is 4.74 Å². The van der Waals surface area contributed by atoms with E-state index in [2.05, 4.69) is 0 Å². The SMILES string of the molecule is COc1cc(-c2oc3cc(O)cc(O)c3c(=O)c2C2OC(CO)C(O)C(O)C2O)cc(OC)c1O. The number of phenols is 3. The van der Waals surface area contributed by atoms with E-state index in [1.807, 2.05) is 0 Å². The molecule has 1 saturated heterocycles. The summed E-state index contributed by atoms with van der Waals surface area (Å²) < 4.78 is 21.8. The molecule has 7 N–H and O–H groups in total. The average Bonchev–Trinajstić information content (AvgIpc) is 2.83. The second kappa shape index (κ2) is 9.24. The molecule has 2 heterocycles. The molecular weight excluding hydrogens is 468 g/mol. The summed E-state index contributed by atoms with van der Waals surface area (Å²) in [6.45, 7) is -0.740. The van der Waals surface area contributed by atoms with E-state index >= 15 is 0 Å². The van der Waals surface area contributed by atoms with Crippen molar-refractivity contribution in [1.29, 1.82) is 0 Å². The molecule has 1 fully saturated rings. The Morgan fingerprint density at radius 2 is 1.54 bits per heavy atom. The molecule has 3 aromatic rings. The molecule has 2 aromatic carbocycles. The topological polar surface area (TPSA) is 200 Å². The first-order valence-electron chi connectivity index (χ1n) is 10.4. The number of aromatic hydroxyl groups is 3. The maximum Gasteiger partial charge on any atom is 0.203 e. The second-order valence-corrected chi connectivity index (χ2v) is 7.99. The maximum absolute atomic E-state index is 13.6. The summed E-state index contributed by atoms with van der Waals surface area (Å²) >= 11 is 0. The molecule has 12 nitrogen and oxygen atoms in total. The Balaban J connectivity index is 2.08. The molecule has 1 aromatic heterocycles. The van der Waals surface area contributed by atoms with Gasteiger partial charge in [-0.25, -0.2) is 0 Å². The molecule has 188 valence electrons. The molecule has 4 rings (SSSR count). The molecule has 0 amide bonds. The minimum Gasteiger partial charge on any atom is -0.508 e. The zero-order valence-corrected chi connectivity index (χ0v) is 18.6. The van der Waals surface area contributed by atoms with Crippen molar-refractivity contribution in [3.05, 3.63) is 40.1 Å². The second-order valence-electron chi connectivity index (χ2n) is 7.99. The lowest BCUT2D eigenvalue weighted by atomic mass is 9.89. The van der Waals surface area contributed by atoms with Crippen LogP contribution in [0.25, 0.3) is 22.3 Å². The highest BCUT2D eigenvalue weighted by molar-refractivity contribution is 5.87. The number of hydrogen-bond acceptors (Lipinski definition) is 12. The van der Waals surface area contributed by atoms with E-state index in [4.69, 9.17) is 18.6 Å². The molecule has 5 atom stereocenters. The molecule has 1 aliphatic rings. The average molecular weight is 492 g/mol. The van der Waals surface area contributed by atoms with Crippen molar-refractivity contribution < 1.29 is 54.4 Å². The quantitative estimate of drug-likeness (QED) is 0.254. The van der Waals surface area contributed by atoms with E-state index < -0.39 is 54.1 Å². The summed E-state index contributed by atoms with van der Waals surface area (Å²) in [5, 5.41) is 71.0. The van der Waals surface area contributed by atoms with Crippen molar-refractivity contribution in [1.82, 2.24) is 0 Å². The van der Waals surface area contributed by atoms with Crippen LogP contribution in [0.2, 0.25) is 0 Å². The van der Waals surface area contributed by atoms with Gasteiger partial charge in [-0.2, -0.15) is 0 Å². The van der Waals surface area contributed by atoms with Gasteiger partial charge in [0.15, 0.2) is 11.5 Å². The number of fused-ring (bicyclic) bond motifs is 1. The van der Waals surface area contributed by atoms with E-state index in [1.165, 1.54) is 26.4 Å². The predicted octanol–water partition coefficient (Wildman–Crippen LogP) is 0.109. The van der Waals surface area contributed by atoms with Gasteiger partial charge >= 0.3 is 0 Å². The number of rotatable bonds is 5. The number of aliphatic hydroxyl groups excluding tert-OH is 4. The molecule has 35 heavy (non-hydrogen) atoms. The minimum atomic E-state index is -1.84. The summed E-state index contributed by atoms with van der Waals surface area (Å²) in [5.41, 5.74) is -1.37. The van der Waals surface area contributed by atoms with Crippen molar-refractivity contribution in [3.8, 4) is 40.1 Å². The van der Waals surface area contributed by atoms with Gasteiger partial charge < -0.3 is 54.4 Å². The standard InChI is InChI=1S/C23H24O12/c1-32-12-3-8(4-13(33-2)17(12)27)22-16(23-21(31)20(30)18(28)14(7-24)35-23)19(29)15-10(26)5-9(25)6-11(15)34-22/h3-6,14,18,20-21,23-28,30-31H,7H2,1-2H3. The lowest BCUT2D eigenvalue weighted by Crippen LogP contribution is -2.55. The number of aliphatic hydroxyl groups is 4. The van der Waals surface area contributed by atoms with Gasteiger partial charge in [-0.15, -0.1) is 0 Å². The zero-order chi connectivity index (χ0) is 25.6. The lowest BCUT2D eigenvalue weighted by molar-refractivity contribution is -0.232. The first-order chi connectivity index (χ1) is 16.6. The van der Waals surface area contributed by atoms with Crippen molar-refractivity contribution in [2.75, 3.05) is 20.8 Å². The summed E-state index contributed by atoms with van der Waals surface area (Å²) in [4.78, 5) is 13.6. The van der Waals surface area contributed by atoms with Crippen LogP contribution in [0.4, 0.5) is 0 Å². The smallest absolute Gasteiger partial charge is 0.203 e. The fraction of sp³-hybridized carbons (Fsp3) is 0.348. The number of phenolic OH excluding ortho intramolecular Hbond substituents is 3. The van der Waals surface area contributed by atoms with Gasteiger partial charge in [0.25, 0.3) is 0 Å². The van der Waals surface area contributed by atoms with Crippen LogP contribution in [0.5, 0.6) is 28.7 Å². The predicted molar refractivity (Wildman–Crippen MR) is 119 cm³/mol. The Morgan fingerprint density at radius 3 is 2.11 bits per heavy atom. The third-order valence-electron chi connectivity index (χ3n) is 5.91. The van der Waals surface area contributed by atoms with Crippen LogP contribution in [0, 0.1) is 0 Å². The van der Waals surface area contributed by atoms with Crippen molar-refractivity contribution in [2.45, 2.75) is 30.5 Å². The summed E-state index contributed by atoms with van der Waals surface area (Å²) in [6, 6.07) is 4.62. The highest BCUT2D eigenvalue weighted by Crippen LogP contribution is 2.44. The van der Waals surface area contributed by atoms with Crippen molar-refractivity contribution in [2.24, 2.45) is 0 Å². The summed E-state index contributed by atoms with van der Waals surface area (Å²) in [7, 11) is 2.56. The Bertz CT molecular complexity index is 1290. The highest BCUT2D eigenvalue weighted by atomic mass is 16.5. The molecule has 1 aliphatic heterocycles. The van der Waals surface area contributed by atoms with E-state index in [-0.39, 0.29) is 45.1 Å². The molecule has 5 unspecified atom stereocenters. The van der Waals surface area contributed by atoms with Crippen LogP contribution >= 0.6 is 0 Å². The molecule has 0 bridgehead atoms. The van der Waals surface area contributed by atoms with E-state index in [0.29, 0.717) is 0 Å². The first kappa shape index (κ1) is 24.6. The number of methoxy groups -OCH3 is 2. The van der Waals surface area contributed by atoms with Gasteiger partial charge in [0.05, 0.1) is 26.4 Å². The summed E-state index contributed by atoms with van der Waals surface area (Å²) in [5.74, 6) is -1.71. The largest absolute Gasteiger partial charge is 0.508 e. The van der Waals surface area contributed by atoms with Crippen LogP contribution in [0.1, 0.15) is 11.7 Å². The van der Waals surface area contributed by atoms with E-state index in [1.54, 1.807) is 0 Å². The van der Waals surface area contributed by atoms with Gasteiger partial charge in [0.2, 0.25) is 11.2 Å². The zero-order valence-electron chi connectivity index (χ0n) is 18.6. The third-order valence-corrected chi connectivity index (χ3v) is 5.91. The van der Waals surface area contributed by atoms with E-state index in [9.17, 15) is 40.5 Å². The highest BCUT2D eigenvalue weighted by Gasteiger charge is 2.46. The van der Waals surface area contributed by atoms with Crippen molar-refractivity contribution in [3.63, 3.8) is 0 Å². The Morgan fingerprint density at radius 1 is 0.914 bits per heavy atom. The number of ether oxygens (including phenoxy) is 3. The first-order valence-corrected chi connectivity index (χ1v) is 10.4. The van der Waals surface area contributed by atoms with Crippen LogP contribution < -0.4 is 14.9 Å². The Hall–Kier alpha value is -3.55. The van der Waals surface area contributed by atoms with Gasteiger partial charge in [0, 0.05) is 17.7 Å². The fourth-order valence-electron chi connectivity index (χ4n) is 4.14. The molecular formula is C23H24O12. The van der Waals surface area contributed by atoms with Crippen LogP contribution in [-0.4, -0.2) is 81.0 Å². The Labute approximate surface area is 197 Å². The molecule has 0 saturated carbocycles. The summed E-state index contributed by atoms with van der Waals surface area (Å²) in [6.07, 6.45) is -8.28.